The number of benzene rings is 1. The van der Waals surface area contributed by atoms with Crippen LogP contribution in [0.1, 0.15) is 12.6 Å². The Morgan fingerprint density at radius 2 is 1.96 bits per heavy atom. The molecular formula is C17H18N4O3. The van der Waals surface area contributed by atoms with Gasteiger partial charge in [0.05, 0.1) is 12.2 Å². The summed E-state index contributed by atoms with van der Waals surface area (Å²) in [6.45, 7) is 2.00. The average Bonchev–Trinajstić information content (AvgIpc) is 2.81. The molecule has 1 saturated heterocycles. The molecular weight excluding hydrogens is 308 g/mol. The van der Waals surface area contributed by atoms with Gasteiger partial charge in [-0.1, -0.05) is 6.07 Å². The zero-order valence-corrected chi connectivity index (χ0v) is 13.2. The molecule has 2 heterocycles. The fourth-order valence-electron chi connectivity index (χ4n) is 2.55. The predicted molar refractivity (Wildman–Crippen MR) is 88.2 cm³/mol. The summed E-state index contributed by atoms with van der Waals surface area (Å²) >= 11 is 0. The lowest BCUT2D eigenvalue weighted by Crippen LogP contribution is -2.42. The molecule has 1 fully saturated rings. The van der Waals surface area contributed by atoms with Crippen molar-refractivity contribution in [3.63, 3.8) is 0 Å². The number of nitrogens with two attached hydrogens (primary N) is 1. The molecule has 24 heavy (non-hydrogen) atoms. The molecule has 7 heteroatoms. The van der Waals surface area contributed by atoms with Crippen molar-refractivity contribution in [1.29, 1.82) is 0 Å². The topological polar surface area (TPSA) is 97.6 Å². The third-order valence-corrected chi connectivity index (χ3v) is 3.92. The number of nitrogen functional groups attached to an aromatic ring is 1. The van der Waals surface area contributed by atoms with Crippen LogP contribution in [0.5, 0.6) is 5.75 Å². The second-order valence-electron chi connectivity index (χ2n) is 5.64. The molecule has 2 aromatic rings. The molecule has 1 unspecified atom stereocenters. The Balaban J connectivity index is 1.65. The summed E-state index contributed by atoms with van der Waals surface area (Å²) in [5, 5.41) is 2.71. The molecule has 0 aliphatic carbocycles. The normalized spacial score (nSPS) is 20.1. The van der Waals surface area contributed by atoms with Crippen LogP contribution in [-0.4, -0.2) is 35.0 Å². The molecule has 0 spiro atoms. The largest absolute Gasteiger partial charge is 0.492 e. The van der Waals surface area contributed by atoms with Crippen molar-refractivity contribution in [2.45, 2.75) is 12.5 Å². The van der Waals surface area contributed by atoms with E-state index >= 15 is 0 Å². The van der Waals surface area contributed by atoms with Crippen molar-refractivity contribution >= 4 is 17.6 Å². The second kappa shape index (κ2) is 6.19. The molecule has 0 saturated carbocycles. The van der Waals surface area contributed by atoms with E-state index in [0.29, 0.717) is 17.1 Å². The van der Waals surface area contributed by atoms with Gasteiger partial charge >= 0.3 is 6.03 Å². The molecule has 1 aromatic carbocycles. The first-order valence-electron chi connectivity index (χ1n) is 7.55. The fraction of sp³-hybridized carbons (Fsp3) is 0.235. The van der Waals surface area contributed by atoms with Gasteiger partial charge in [-0.2, -0.15) is 0 Å². The van der Waals surface area contributed by atoms with E-state index in [2.05, 4.69) is 10.3 Å². The van der Waals surface area contributed by atoms with Gasteiger partial charge in [0.25, 0.3) is 5.91 Å². The highest BCUT2D eigenvalue weighted by Gasteiger charge is 2.49. The van der Waals surface area contributed by atoms with E-state index in [0.717, 1.165) is 4.90 Å². The van der Waals surface area contributed by atoms with Crippen LogP contribution < -0.4 is 15.8 Å². The average molecular weight is 326 g/mol. The summed E-state index contributed by atoms with van der Waals surface area (Å²) in [6, 6.07) is 11.7. The summed E-state index contributed by atoms with van der Waals surface area (Å²) in [5.74, 6) is 0.288. The third kappa shape index (κ3) is 2.88. The number of pyridine rings is 1. The number of rotatable bonds is 5. The van der Waals surface area contributed by atoms with Crippen LogP contribution in [0.15, 0.2) is 48.7 Å². The molecule has 3 N–H and O–H groups in total. The lowest BCUT2D eigenvalue weighted by Gasteiger charge is -2.20. The van der Waals surface area contributed by atoms with Gasteiger partial charge in [-0.15, -0.1) is 0 Å². The van der Waals surface area contributed by atoms with Crippen LogP contribution in [0.2, 0.25) is 0 Å². The number of amides is 3. The number of urea groups is 1. The molecule has 3 amide bonds. The number of aromatic nitrogens is 1. The van der Waals surface area contributed by atoms with Gasteiger partial charge in [0.2, 0.25) is 0 Å². The minimum Gasteiger partial charge on any atom is -0.492 e. The van der Waals surface area contributed by atoms with Crippen LogP contribution in [0.3, 0.4) is 0 Å². The van der Waals surface area contributed by atoms with Crippen molar-refractivity contribution in [2.24, 2.45) is 0 Å². The maximum absolute atomic E-state index is 12.7. The number of nitrogens with one attached hydrogen (secondary N) is 1. The van der Waals surface area contributed by atoms with Gasteiger partial charge in [-0.05, 0) is 43.3 Å². The SMILES string of the molecule is CC1(c2ccccn2)NC(=O)N(CCOc2ccc(N)cc2)C1=O. The number of ether oxygens (including phenoxy) is 1. The van der Waals surface area contributed by atoms with Crippen LogP contribution in [0.25, 0.3) is 0 Å². The molecule has 1 aromatic heterocycles. The van der Waals surface area contributed by atoms with Crippen molar-refractivity contribution in [3.05, 3.63) is 54.4 Å². The molecule has 0 radical (unpaired) electrons. The van der Waals surface area contributed by atoms with Crippen molar-refractivity contribution < 1.29 is 14.3 Å². The number of carbonyl (C=O) groups excluding carboxylic acids is 2. The molecule has 124 valence electrons. The molecule has 0 bridgehead atoms. The van der Waals surface area contributed by atoms with Crippen LogP contribution in [0, 0.1) is 0 Å². The van der Waals surface area contributed by atoms with E-state index in [4.69, 9.17) is 10.5 Å². The Morgan fingerprint density at radius 1 is 1.21 bits per heavy atom. The first kappa shape index (κ1) is 15.8. The van der Waals surface area contributed by atoms with Crippen LogP contribution in [0.4, 0.5) is 10.5 Å². The highest BCUT2D eigenvalue weighted by molar-refractivity contribution is 6.06. The first-order chi connectivity index (χ1) is 11.5. The lowest BCUT2D eigenvalue weighted by atomic mass is 9.97. The lowest BCUT2D eigenvalue weighted by molar-refractivity contribution is -0.131. The fourth-order valence-corrected chi connectivity index (χ4v) is 2.55. The van der Waals surface area contributed by atoms with Crippen LogP contribution in [-0.2, 0) is 10.3 Å². The number of imide groups is 1. The van der Waals surface area contributed by atoms with E-state index < -0.39 is 11.6 Å². The van der Waals surface area contributed by atoms with E-state index in [1.165, 1.54) is 0 Å². The summed E-state index contributed by atoms with van der Waals surface area (Å²) in [5.41, 5.74) is 5.60. The zero-order valence-electron chi connectivity index (χ0n) is 13.2. The summed E-state index contributed by atoms with van der Waals surface area (Å²) in [7, 11) is 0. The van der Waals surface area contributed by atoms with E-state index in [1.54, 1.807) is 55.6 Å². The summed E-state index contributed by atoms with van der Waals surface area (Å²) in [4.78, 5) is 30.1. The first-order valence-corrected chi connectivity index (χ1v) is 7.55. The minimum atomic E-state index is -1.15. The number of nitrogens with zero attached hydrogens (tertiary/aromatic N) is 2. The molecule has 3 rings (SSSR count). The Bertz CT molecular complexity index is 748. The van der Waals surface area contributed by atoms with E-state index in [-0.39, 0.29) is 19.1 Å². The number of hydrogen-bond acceptors (Lipinski definition) is 5. The maximum Gasteiger partial charge on any atom is 0.325 e. The Hall–Kier alpha value is -3.09. The van der Waals surface area contributed by atoms with Crippen molar-refractivity contribution in [3.8, 4) is 5.75 Å². The highest BCUT2D eigenvalue weighted by atomic mass is 16.5. The molecule has 7 nitrogen and oxygen atoms in total. The molecule has 1 aliphatic rings. The summed E-state index contributed by atoms with van der Waals surface area (Å²) < 4.78 is 5.55. The maximum atomic E-state index is 12.7. The molecule has 1 aliphatic heterocycles. The third-order valence-electron chi connectivity index (χ3n) is 3.92. The Morgan fingerprint density at radius 3 is 2.62 bits per heavy atom. The van der Waals surface area contributed by atoms with E-state index in [1.807, 2.05) is 0 Å². The second-order valence-corrected chi connectivity index (χ2v) is 5.64. The number of hydrogen-bond donors (Lipinski definition) is 2. The minimum absolute atomic E-state index is 0.150. The Labute approximate surface area is 139 Å². The van der Waals surface area contributed by atoms with Gasteiger partial charge in [0.15, 0.2) is 5.54 Å². The molecule has 1 atom stereocenters. The van der Waals surface area contributed by atoms with E-state index in [9.17, 15) is 9.59 Å². The quantitative estimate of drug-likeness (QED) is 0.641. The highest BCUT2D eigenvalue weighted by Crippen LogP contribution is 2.27. The van der Waals surface area contributed by atoms with Gasteiger partial charge in [0.1, 0.15) is 12.4 Å². The predicted octanol–water partition coefficient (Wildman–Crippen LogP) is 1.51. The summed E-state index contributed by atoms with van der Waals surface area (Å²) in [6.07, 6.45) is 1.59. The monoisotopic (exact) mass is 326 g/mol. The standard InChI is InChI=1S/C17H18N4O3/c1-17(14-4-2-3-9-19-14)15(22)21(16(23)20-17)10-11-24-13-7-5-12(18)6-8-13/h2-9H,10-11,18H2,1H3,(H,20,23). The van der Waals surface area contributed by atoms with Gasteiger partial charge in [-0.25, -0.2) is 4.79 Å². The van der Waals surface area contributed by atoms with Gasteiger partial charge in [0, 0.05) is 11.9 Å². The smallest absolute Gasteiger partial charge is 0.325 e. The Kier molecular flexibility index (Phi) is 4.07. The van der Waals surface area contributed by atoms with Crippen molar-refractivity contribution in [1.82, 2.24) is 15.2 Å². The van der Waals surface area contributed by atoms with Crippen LogP contribution >= 0.6 is 0 Å². The van der Waals surface area contributed by atoms with Gasteiger partial charge < -0.3 is 15.8 Å². The van der Waals surface area contributed by atoms with Crippen molar-refractivity contribution in [2.75, 3.05) is 18.9 Å². The number of carbonyl (C=O) groups is 2. The van der Waals surface area contributed by atoms with Gasteiger partial charge in [-0.3, -0.25) is 14.7 Å². The number of anilines is 1. The zero-order chi connectivity index (χ0) is 17.2.